The third kappa shape index (κ3) is 2.96. The van der Waals surface area contributed by atoms with E-state index in [9.17, 15) is 4.39 Å². The number of halogens is 2. The molecule has 4 aromatic rings. The van der Waals surface area contributed by atoms with Crippen molar-refractivity contribution >= 4 is 28.2 Å². The van der Waals surface area contributed by atoms with Gasteiger partial charge in [-0.1, -0.05) is 24.9 Å². The van der Waals surface area contributed by atoms with Crippen LogP contribution in [0.4, 0.5) is 4.39 Å². The lowest BCUT2D eigenvalue weighted by Crippen LogP contribution is -2.03. The van der Waals surface area contributed by atoms with Crippen LogP contribution in [0, 0.1) is 5.82 Å². The molecular weight excluding hydrogens is 339 g/mol. The maximum atomic E-state index is 13.2. The minimum atomic E-state index is -0.280. The molecule has 2 heterocycles. The van der Waals surface area contributed by atoms with Gasteiger partial charge in [-0.25, -0.2) is 14.4 Å². The lowest BCUT2D eigenvalue weighted by molar-refractivity contribution is 0.628. The number of fused-ring (bicyclic) bond motifs is 3. The van der Waals surface area contributed by atoms with Gasteiger partial charge in [-0.3, -0.25) is 0 Å². The van der Waals surface area contributed by atoms with Gasteiger partial charge in [0.25, 0.3) is 0 Å². The molecule has 126 valence electrons. The molecule has 0 radical (unpaired) electrons. The number of benzene rings is 2. The van der Waals surface area contributed by atoms with Crippen LogP contribution in [0.2, 0.25) is 5.02 Å². The van der Waals surface area contributed by atoms with Gasteiger partial charge in [0.1, 0.15) is 11.6 Å². The van der Waals surface area contributed by atoms with Gasteiger partial charge in [0.05, 0.1) is 5.52 Å². The highest BCUT2D eigenvalue weighted by Crippen LogP contribution is 2.25. The Bertz CT molecular complexity index is 1060. The highest BCUT2D eigenvalue weighted by molar-refractivity contribution is 6.31. The van der Waals surface area contributed by atoms with Gasteiger partial charge in [0.15, 0.2) is 11.5 Å². The maximum absolute atomic E-state index is 13.2. The zero-order valence-corrected chi connectivity index (χ0v) is 14.5. The molecule has 2 aromatic carbocycles. The second-order valence-electron chi connectivity index (χ2n) is 5.97. The van der Waals surface area contributed by atoms with E-state index in [0.717, 1.165) is 47.2 Å². The Morgan fingerprint density at radius 1 is 1.08 bits per heavy atom. The molecular formula is C19H16ClFN4. The first-order valence-corrected chi connectivity index (χ1v) is 8.64. The highest BCUT2D eigenvalue weighted by atomic mass is 35.5. The summed E-state index contributed by atoms with van der Waals surface area (Å²) in [4.78, 5) is 9.42. The third-order valence-electron chi connectivity index (χ3n) is 4.16. The topological polar surface area (TPSA) is 43.1 Å². The van der Waals surface area contributed by atoms with E-state index in [1.54, 1.807) is 16.6 Å². The fraction of sp³-hybridized carbons (Fsp3) is 0.211. The summed E-state index contributed by atoms with van der Waals surface area (Å²) in [5.41, 5.74) is 2.32. The number of rotatable bonds is 4. The van der Waals surface area contributed by atoms with Crippen molar-refractivity contribution in [2.24, 2.45) is 0 Å². The van der Waals surface area contributed by atoms with Crippen molar-refractivity contribution in [3.05, 3.63) is 59.1 Å². The summed E-state index contributed by atoms with van der Waals surface area (Å²) in [7, 11) is 0. The van der Waals surface area contributed by atoms with E-state index in [1.165, 1.54) is 12.1 Å². The number of hydrogen-bond acceptors (Lipinski definition) is 3. The van der Waals surface area contributed by atoms with Crippen LogP contribution in [-0.4, -0.2) is 19.6 Å². The number of aryl methyl sites for hydroxylation is 1. The molecule has 2 aromatic heterocycles. The molecule has 0 saturated heterocycles. The van der Waals surface area contributed by atoms with Crippen molar-refractivity contribution in [1.82, 2.24) is 19.6 Å². The molecule has 6 heteroatoms. The van der Waals surface area contributed by atoms with E-state index in [1.807, 2.05) is 18.2 Å². The quantitative estimate of drug-likeness (QED) is 0.513. The summed E-state index contributed by atoms with van der Waals surface area (Å²) in [6, 6.07) is 11.8. The smallest absolute Gasteiger partial charge is 0.182 e. The number of unbranched alkanes of at least 4 members (excludes halogenated alkanes) is 1. The lowest BCUT2D eigenvalue weighted by atomic mass is 10.2. The zero-order valence-electron chi connectivity index (χ0n) is 13.7. The Kier molecular flexibility index (Phi) is 4.09. The molecule has 0 unspecified atom stereocenters. The van der Waals surface area contributed by atoms with E-state index in [0.29, 0.717) is 10.8 Å². The van der Waals surface area contributed by atoms with Crippen molar-refractivity contribution in [2.45, 2.75) is 26.2 Å². The number of nitrogens with zero attached hydrogens (tertiary/aromatic N) is 4. The molecule has 0 amide bonds. The van der Waals surface area contributed by atoms with Crippen LogP contribution >= 0.6 is 11.6 Å². The van der Waals surface area contributed by atoms with E-state index in [-0.39, 0.29) is 5.82 Å². The first-order valence-electron chi connectivity index (χ1n) is 8.26. The van der Waals surface area contributed by atoms with E-state index >= 15 is 0 Å². The second-order valence-corrected chi connectivity index (χ2v) is 6.41. The van der Waals surface area contributed by atoms with E-state index in [4.69, 9.17) is 16.6 Å². The predicted octanol–water partition coefficient (Wildman–Crippen LogP) is 5.08. The van der Waals surface area contributed by atoms with Gasteiger partial charge >= 0.3 is 0 Å². The second kappa shape index (κ2) is 6.41. The largest absolute Gasteiger partial charge is 0.233 e. The van der Waals surface area contributed by atoms with Crippen LogP contribution in [0.5, 0.6) is 0 Å². The van der Waals surface area contributed by atoms with Gasteiger partial charge in [-0.05, 0) is 48.9 Å². The van der Waals surface area contributed by atoms with E-state index < -0.39 is 0 Å². The molecule has 0 bridgehead atoms. The Balaban J connectivity index is 1.96. The van der Waals surface area contributed by atoms with Crippen molar-refractivity contribution < 1.29 is 4.39 Å². The first-order chi connectivity index (χ1) is 12.2. The fourth-order valence-electron chi connectivity index (χ4n) is 2.86. The molecule has 4 nitrogen and oxygen atoms in total. The number of hydrogen-bond donors (Lipinski definition) is 0. The molecule has 4 rings (SSSR count). The Morgan fingerprint density at radius 3 is 2.64 bits per heavy atom. The summed E-state index contributed by atoms with van der Waals surface area (Å²) < 4.78 is 15.0. The Morgan fingerprint density at radius 2 is 1.88 bits per heavy atom. The summed E-state index contributed by atoms with van der Waals surface area (Å²) in [6.07, 6.45) is 2.89. The zero-order chi connectivity index (χ0) is 17.4. The Labute approximate surface area is 149 Å². The molecule has 0 saturated carbocycles. The normalized spacial score (nSPS) is 11.5. The van der Waals surface area contributed by atoms with Crippen molar-refractivity contribution in [3.63, 3.8) is 0 Å². The lowest BCUT2D eigenvalue weighted by Gasteiger charge is -2.06. The molecule has 0 aliphatic rings. The molecule has 0 N–H and O–H groups in total. The van der Waals surface area contributed by atoms with Crippen LogP contribution in [-0.2, 0) is 6.42 Å². The van der Waals surface area contributed by atoms with E-state index in [2.05, 4.69) is 17.0 Å². The molecule has 0 spiro atoms. The maximum Gasteiger partial charge on any atom is 0.182 e. The molecule has 0 aliphatic carbocycles. The van der Waals surface area contributed by atoms with Crippen LogP contribution in [0.3, 0.4) is 0 Å². The van der Waals surface area contributed by atoms with Gasteiger partial charge in [0.2, 0.25) is 0 Å². The van der Waals surface area contributed by atoms with Gasteiger partial charge in [-0.2, -0.15) is 4.52 Å². The highest BCUT2D eigenvalue weighted by Gasteiger charge is 2.14. The minimum Gasteiger partial charge on any atom is -0.233 e. The van der Waals surface area contributed by atoms with Gasteiger partial charge < -0.3 is 0 Å². The van der Waals surface area contributed by atoms with Crippen LogP contribution in [0.15, 0.2) is 42.5 Å². The summed E-state index contributed by atoms with van der Waals surface area (Å²) >= 11 is 6.12. The van der Waals surface area contributed by atoms with Crippen molar-refractivity contribution in [3.8, 4) is 11.4 Å². The fourth-order valence-corrected chi connectivity index (χ4v) is 3.02. The molecule has 25 heavy (non-hydrogen) atoms. The van der Waals surface area contributed by atoms with Gasteiger partial charge in [-0.15, -0.1) is 5.10 Å². The third-order valence-corrected chi connectivity index (χ3v) is 4.39. The molecule has 0 atom stereocenters. The van der Waals surface area contributed by atoms with Crippen molar-refractivity contribution in [1.29, 1.82) is 0 Å². The standard InChI is InChI=1S/C19H16ClFN4/c1-2-3-4-17-22-16-11-13(20)7-10-15(16)19-23-18(24-25(17)19)12-5-8-14(21)9-6-12/h5-11H,2-4H2,1H3. The molecule has 0 aliphatic heterocycles. The Hall–Kier alpha value is -2.53. The van der Waals surface area contributed by atoms with Crippen LogP contribution < -0.4 is 0 Å². The molecule has 0 fully saturated rings. The SMILES string of the molecule is CCCCc1nc2cc(Cl)ccc2c2nc(-c3ccc(F)cc3)nn12. The summed E-state index contributed by atoms with van der Waals surface area (Å²) in [5.74, 6) is 1.13. The number of aromatic nitrogens is 4. The minimum absolute atomic E-state index is 0.280. The van der Waals surface area contributed by atoms with Crippen molar-refractivity contribution in [2.75, 3.05) is 0 Å². The predicted molar refractivity (Wildman–Crippen MR) is 97.3 cm³/mol. The summed E-state index contributed by atoms with van der Waals surface area (Å²) in [5, 5.41) is 6.16. The average molecular weight is 355 g/mol. The summed E-state index contributed by atoms with van der Waals surface area (Å²) in [6.45, 7) is 2.14. The first kappa shape index (κ1) is 16.0. The average Bonchev–Trinajstić information content (AvgIpc) is 3.05. The van der Waals surface area contributed by atoms with Gasteiger partial charge in [0, 0.05) is 22.4 Å². The van der Waals surface area contributed by atoms with Crippen LogP contribution in [0.1, 0.15) is 25.6 Å². The van der Waals surface area contributed by atoms with Crippen LogP contribution in [0.25, 0.3) is 27.9 Å². The monoisotopic (exact) mass is 354 g/mol.